The largest absolute Gasteiger partial charge is 0.480 e. The Morgan fingerprint density at radius 3 is 2.50 bits per heavy atom. The Balaban J connectivity index is 1.85. The van der Waals surface area contributed by atoms with E-state index in [9.17, 15) is 24.3 Å². The summed E-state index contributed by atoms with van der Waals surface area (Å²) in [4.78, 5) is 56.1. The minimum absolute atomic E-state index is 0.138. The highest BCUT2D eigenvalue weighted by atomic mass is 16.4. The number of nitrogens with two attached hydrogens (primary N) is 2. The molecule has 4 atom stereocenters. The van der Waals surface area contributed by atoms with Crippen LogP contribution >= 0.6 is 0 Å². The van der Waals surface area contributed by atoms with E-state index in [0.29, 0.717) is 45.2 Å². The number of aliphatic carboxylic acids is 1. The number of unbranched alkanes of at least 4 members (excludes halogenated alkanes) is 1. The molecule has 0 radical (unpaired) electrons. The van der Waals surface area contributed by atoms with Crippen LogP contribution < -0.4 is 22.1 Å². The molecule has 3 amide bonds. The van der Waals surface area contributed by atoms with Gasteiger partial charge in [-0.25, -0.2) is 4.79 Å². The Hall–Kier alpha value is -3.44. The number of carbonyl (C=O) groups is 4. The highest BCUT2D eigenvalue weighted by Crippen LogP contribution is 2.21. The third-order valence-corrected chi connectivity index (χ3v) is 7.14. The fourth-order valence-corrected chi connectivity index (χ4v) is 4.81. The molecule has 1 aromatic carbocycles. The second-order valence-corrected chi connectivity index (χ2v) is 10.3. The predicted octanol–water partition coefficient (Wildman–Crippen LogP) is 0.868. The number of fused-ring (bicyclic) bond motifs is 1. The zero-order chi connectivity index (χ0) is 27.8. The van der Waals surface area contributed by atoms with Gasteiger partial charge in [-0.05, 0) is 56.2 Å². The Morgan fingerprint density at radius 2 is 1.82 bits per heavy atom. The molecule has 11 heteroatoms. The van der Waals surface area contributed by atoms with Crippen LogP contribution in [0.3, 0.4) is 0 Å². The lowest BCUT2D eigenvalue weighted by Gasteiger charge is -2.29. The van der Waals surface area contributed by atoms with Gasteiger partial charge in [-0.1, -0.05) is 32.0 Å². The van der Waals surface area contributed by atoms with E-state index >= 15 is 0 Å². The lowest BCUT2D eigenvalue weighted by atomic mass is 10.0. The minimum atomic E-state index is -1.06. The van der Waals surface area contributed by atoms with Crippen molar-refractivity contribution in [1.82, 2.24) is 20.5 Å². The average molecular weight is 529 g/mol. The molecular formula is C27H40N6O5. The van der Waals surface area contributed by atoms with Gasteiger partial charge in [0.15, 0.2) is 0 Å². The fourth-order valence-electron chi connectivity index (χ4n) is 4.81. The number of carboxylic acid groups (broad SMARTS) is 1. The van der Waals surface area contributed by atoms with Crippen LogP contribution in [-0.2, 0) is 25.6 Å². The van der Waals surface area contributed by atoms with Crippen molar-refractivity contribution < 1.29 is 24.3 Å². The molecule has 1 saturated heterocycles. The van der Waals surface area contributed by atoms with Crippen molar-refractivity contribution in [3.05, 3.63) is 36.0 Å². The first-order valence-corrected chi connectivity index (χ1v) is 13.3. The molecule has 0 saturated carbocycles. The fraction of sp³-hybridized carbons (Fsp3) is 0.556. The zero-order valence-electron chi connectivity index (χ0n) is 22.1. The van der Waals surface area contributed by atoms with E-state index in [-0.39, 0.29) is 12.3 Å². The van der Waals surface area contributed by atoms with Crippen LogP contribution in [0.4, 0.5) is 0 Å². The van der Waals surface area contributed by atoms with Crippen molar-refractivity contribution in [3.63, 3.8) is 0 Å². The molecule has 8 N–H and O–H groups in total. The maximum atomic E-state index is 13.6. The van der Waals surface area contributed by atoms with Crippen LogP contribution in [-0.4, -0.2) is 75.9 Å². The average Bonchev–Trinajstić information content (AvgIpc) is 3.54. The van der Waals surface area contributed by atoms with Gasteiger partial charge in [0.2, 0.25) is 17.7 Å². The van der Waals surface area contributed by atoms with E-state index in [4.69, 9.17) is 11.5 Å². The van der Waals surface area contributed by atoms with Crippen LogP contribution in [0.1, 0.15) is 51.5 Å². The van der Waals surface area contributed by atoms with Crippen LogP contribution in [0, 0.1) is 5.92 Å². The van der Waals surface area contributed by atoms with Gasteiger partial charge in [-0.15, -0.1) is 0 Å². The lowest BCUT2D eigenvalue weighted by Crippen LogP contribution is -2.58. The van der Waals surface area contributed by atoms with E-state index in [1.807, 2.05) is 38.1 Å². The molecule has 0 aliphatic carbocycles. The van der Waals surface area contributed by atoms with Gasteiger partial charge in [-0.3, -0.25) is 14.4 Å². The number of carboxylic acids is 1. The van der Waals surface area contributed by atoms with Crippen molar-refractivity contribution >= 4 is 34.6 Å². The molecule has 2 heterocycles. The summed E-state index contributed by atoms with van der Waals surface area (Å²) in [6.07, 6.45) is 4.47. The Bertz CT molecular complexity index is 1130. The van der Waals surface area contributed by atoms with Crippen LogP contribution in [0.15, 0.2) is 30.5 Å². The van der Waals surface area contributed by atoms with E-state index < -0.39 is 47.9 Å². The first kappa shape index (κ1) is 29.1. The number of rotatable bonds is 13. The summed E-state index contributed by atoms with van der Waals surface area (Å²) in [6.45, 7) is 4.39. The van der Waals surface area contributed by atoms with E-state index in [2.05, 4.69) is 15.6 Å². The summed E-state index contributed by atoms with van der Waals surface area (Å²) in [5.41, 5.74) is 13.4. The number of H-pyrrole nitrogens is 1. The van der Waals surface area contributed by atoms with Gasteiger partial charge < -0.3 is 37.1 Å². The highest BCUT2D eigenvalue weighted by Gasteiger charge is 2.38. The molecule has 11 nitrogen and oxygen atoms in total. The smallest absolute Gasteiger partial charge is 0.326 e. The van der Waals surface area contributed by atoms with E-state index in [1.54, 1.807) is 6.20 Å². The SMILES string of the molecule is CC(C)C(N)C(=O)NC(Cc1c[nH]c2ccccc12)C(=O)NC(CCCCN)C(=O)N1CCCC1C(=O)O. The second-order valence-electron chi connectivity index (χ2n) is 10.3. The number of aromatic amines is 1. The topological polar surface area (TPSA) is 184 Å². The van der Waals surface area contributed by atoms with Gasteiger partial charge in [0.1, 0.15) is 18.1 Å². The summed E-state index contributed by atoms with van der Waals surface area (Å²) in [5, 5.41) is 16.1. The lowest BCUT2D eigenvalue weighted by molar-refractivity contribution is -0.149. The van der Waals surface area contributed by atoms with Gasteiger partial charge in [0.25, 0.3) is 0 Å². The molecule has 3 rings (SSSR count). The normalized spacial score (nSPS) is 17.8. The highest BCUT2D eigenvalue weighted by molar-refractivity contribution is 5.95. The molecule has 1 aliphatic heterocycles. The molecule has 0 bridgehead atoms. The van der Waals surface area contributed by atoms with Crippen LogP contribution in [0.2, 0.25) is 0 Å². The molecule has 1 aliphatic rings. The van der Waals surface area contributed by atoms with Crippen LogP contribution in [0.25, 0.3) is 10.9 Å². The zero-order valence-corrected chi connectivity index (χ0v) is 22.1. The number of amides is 3. The summed E-state index contributed by atoms with van der Waals surface area (Å²) in [6, 6.07) is 3.98. The second kappa shape index (κ2) is 13.4. The third kappa shape index (κ3) is 7.11. The number of aromatic nitrogens is 1. The number of hydrogen-bond donors (Lipinski definition) is 6. The van der Waals surface area contributed by atoms with Gasteiger partial charge in [0.05, 0.1) is 6.04 Å². The van der Waals surface area contributed by atoms with E-state index in [0.717, 1.165) is 16.5 Å². The summed E-state index contributed by atoms with van der Waals surface area (Å²) >= 11 is 0. The number of benzene rings is 1. The summed E-state index contributed by atoms with van der Waals surface area (Å²) < 4.78 is 0. The van der Waals surface area contributed by atoms with Gasteiger partial charge in [0, 0.05) is 30.1 Å². The number of nitrogens with one attached hydrogen (secondary N) is 3. The predicted molar refractivity (Wildman–Crippen MR) is 144 cm³/mol. The monoisotopic (exact) mass is 528 g/mol. The van der Waals surface area contributed by atoms with E-state index in [1.165, 1.54) is 4.90 Å². The quantitative estimate of drug-likeness (QED) is 0.208. The number of carbonyl (C=O) groups excluding carboxylic acids is 3. The van der Waals surface area contributed by atoms with Crippen molar-refractivity contribution in [3.8, 4) is 0 Å². The Morgan fingerprint density at radius 1 is 1.11 bits per heavy atom. The third-order valence-electron chi connectivity index (χ3n) is 7.14. The van der Waals surface area contributed by atoms with Crippen LogP contribution in [0.5, 0.6) is 0 Å². The molecule has 38 heavy (non-hydrogen) atoms. The summed E-state index contributed by atoms with van der Waals surface area (Å²) in [7, 11) is 0. The molecule has 1 fully saturated rings. The summed E-state index contributed by atoms with van der Waals surface area (Å²) in [5.74, 6) is -2.62. The maximum absolute atomic E-state index is 13.6. The standard InChI is InChI=1S/C27H40N6O5/c1-16(2)23(29)25(35)32-21(14-17-15-30-19-9-4-3-8-18(17)19)24(34)31-20(10-5-6-12-28)26(36)33-13-7-11-22(33)27(37)38/h3-4,8-9,15-16,20-23,30H,5-7,10-14,28-29H2,1-2H3,(H,31,34)(H,32,35)(H,37,38). The van der Waals surface area contributed by atoms with Gasteiger partial charge in [-0.2, -0.15) is 0 Å². The molecule has 208 valence electrons. The number of nitrogens with zero attached hydrogens (tertiary/aromatic N) is 1. The minimum Gasteiger partial charge on any atom is -0.480 e. The molecule has 0 spiro atoms. The van der Waals surface area contributed by atoms with Crippen molar-refractivity contribution in [1.29, 1.82) is 0 Å². The van der Waals surface area contributed by atoms with Crippen molar-refractivity contribution in [2.45, 2.75) is 76.5 Å². The Labute approximate surface area is 222 Å². The number of para-hydroxylation sites is 1. The first-order chi connectivity index (χ1) is 18.1. The maximum Gasteiger partial charge on any atom is 0.326 e. The van der Waals surface area contributed by atoms with Crippen molar-refractivity contribution in [2.75, 3.05) is 13.1 Å². The molecule has 4 unspecified atom stereocenters. The molecule has 2 aromatic rings. The first-order valence-electron chi connectivity index (χ1n) is 13.3. The van der Waals surface area contributed by atoms with Crippen molar-refractivity contribution in [2.24, 2.45) is 17.4 Å². The molecule has 1 aromatic heterocycles. The Kier molecular flexibility index (Phi) is 10.3. The molecular weight excluding hydrogens is 488 g/mol. The number of likely N-dealkylation sites (tertiary alicyclic amines) is 1. The van der Waals surface area contributed by atoms with Gasteiger partial charge >= 0.3 is 5.97 Å². The number of hydrogen-bond acceptors (Lipinski definition) is 6.